The van der Waals surface area contributed by atoms with Crippen molar-refractivity contribution in [3.63, 3.8) is 0 Å². The minimum absolute atomic E-state index is 0.0125. The third-order valence-electron chi connectivity index (χ3n) is 9.53. The molecular formula is C42H38ClN5O5S. The van der Waals surface area contributed by atoms with E-state index in [4.69, 9.17) is 11.6 Å². The van der Waals surface area contributed by atoms with Crippen LogP contribution in [0.4, 0.5) is 5.69 Å². The van der Waals surface area contributed by atoms with Gasteiger partial charge in [0.2, 0.25) is 0 Å². The fourth-order valence-electron chi connectivity index (χ4n) is 6.79. The molecule has 2 heterocycles. The number of para-hydroxylation sites is 1. The highest BCUT2D eigenvalue weighted by Gasteiger charge is 2.34. The van der Waals surface area contributed by atoms with E-state index < -0.39 is 33.3 Å². The summed E-state index contributed by atoms with van der Waals surface area (Å²) in [6.07, 6.45) is 0.634. The second-order valence-electron chi connectivity index (χ2n) is 14.2. The first kappa shape index (κ1) is 36.6. The predicted octanol–water partition coefficient (Wildman–Crippen LogP) is 7.75. The van der Waals surface area contributed by atoms with Gasteiger partial charge in [-0.25, -0.2) is 17.8 Å². The summed E-state index contributed by atoms with van der Waals surface area (Å²) < 4.78 is 30.5. The number of halogens is 1. The summed E-state index contributed by atoms with van der Waals surface area (Å²) in [6, 6.07) is 33.3. The number of nitrogens with one attached hydrogen (secondary N) is 1. The molecule has 10 nitrogen and oxygen atoms in total. The van der Waals surface area contributed by atoms with E-state index in [0.717, 1.165) is 16.5 Å². The Kier molecular flexibility index (Phi) is 9.63. The fourth-order valence-corrected chi connectivity index (χ4v) is 8.00. The van der Waals surface area contributed by atoms with E-state index in [1.165, 1.54) is 35.0 Å². The molecule has 3 amide bonds. The summed E-state index contributed by atoms with van der Waals surface area (Å²) >= 11 is 6.87. The Morgan fingerprint density at radius 2 is 1.48 bits per heavy atom. The number of benzene rings is 5. The van der Waals surface area contributed by atoms with Crippen molar-refractivity contribution in [2.45, 2.75) is 51.1 Å². The molecule has 1 aromatic heterocycles. The molecule has 274 valence electrons. The van der Waals surface area contributed by atoms with E-state index in [2.05, 4.69) is 9.82 Å². The number of sulfonamides is 1. The second kappa shape index (κ2) is 14.2. The molecule has 1 aliphatic heterocycles. The van der Waals surface area contributed by atoms with Crippen LogP contribution in [0.3, 0.4) is 0 Å². The van der Waals surface area contributed by atoms with Crippen molar-refractivity contribution in [3.05, 3.63) is 154 Å². The number of hydrogen-bond donors (Lipinski definition) is 1. The molecule has 12 heteroatoms. The predicted molar refractivity (Wildman–Crippen MR) is 210 cm³/mol. The molecule has 0 radical (unpaired) electrons. The van der Waals surface area contributed by atoms with Crippen molar-refractivity contribution in [1.29, 1.82) is 0 Å². The molecule has 0 spiro atoms. The van der Waals surface area contributed by atoms with Gasteiger partial charge in [0.1, 0.15) is 0 Å². The van der Waals surface area contributed by atoms with Crippen LogP contribution < -0.4 is 9.62 Å². The number of rotatable bonds is 7. The standard InChI is InChI=1S/C42H38ClN5O5S/c1-27-37(43)38(41(51)47(42(2,3)4)33-16-6-5-7-17-33)44-48(27)36-21-19-31(25-35(36)40(50)46-23-22-29-13-9-11-15-32(29)26-46)39(49)45-54(52,53)34-20-18-28-12-8-10-14-30(28)24-34/h5-21,24-25H,22-23,26H2,1-4H3,(H,45,49). The molecule has 0 saturated heterocycles. The van der Waals surface area contributed by atoms with Gasteiger partial charge in [-0.15, -0.1) is 0 Å². The summed E-state index contributed by atoms with van der Waals surface area (Å²) in [6.45, 7) is 8.18. The van der Waals surface area contributed by atoms with Crippen LogP contribution in [0.2, 0.25) is 5.02 Å². The number of amides is 3. The van der Waals surface area contributed by atoms with Crippen LogP contribution >= 0.6 is 11.6 Å². The van der Waals surface area contributed by atoms with E-state index in [-0.39, 0.29) is 32.4 Å². The van der Waals surface area contributed by atoms with Crippen LogP contribution in [0.15, 0.2) is 120 Å². The smallest absolute Gasteiger partial charge is 0.280 e. The summed E-state index contributed by atoms with van der Waals surface area (Å²) in [7, 11) is -4.28. The van der Waals surface area contributed by atoms with Crippen molar-refractivity contribution in [3.8, 4) is 5.69 Å². The third-order valence-corrected chi connectivity index (χ3v) is 11.3. The molecule has 1 N–H and O–H groups in total. The largest absolute Gasteiger partial charge is 0.334 e. The van der Waals surface area contributed by atoms with Gasteiger partial charge in [-0.2, -0.15) is 5.10 Å². The van der Waals surface area contributed by atoms with Crippen molar-refractivity contribution in [2.75, 3.05) is 11.4 Å². The normalized spacial score (nSPS) is 13.0. The monoisotopic (exact) mass is 759 g/mol. The Morgan fingerprint density at radius 3 is 2.20 bits per heavy atom. The maximum atomic E-state index is 14.5. The van der Waals surface area contributed by atoms with Gasteiger partial charge in [-0.3, -0.25) is 14.4 Å². The van der Waals surface area contributed by atoms with Gasteiger partial charge in [0, 0.05) is 29.9 Å². The van der Waals surface area contributed by atoms with E-state index in [1.807, 2.05) is 87.5 Å². The SMILES string of the molecule is Cc1c(Cl)c(C(=O)N(c2ccccc2)C(C)(C)C)nn1-c1ccc(C(=O)NS(=O)(=O)c2ccc3ccccc3c2)cc1C(=O)N1CCc2ccccc2C1. The van der Waals surface area contributed by atoms with Crippen LogP contribution in [-0.2, 0) is 23.0 Å². The van der Waals surface area contributed by atoms with Crippen LogP contribution in [0.1, 0.15) is 68.8 Å². The number of carbonyl (C=O) groups excluding carboxylic acids is 3. The lowest BCUT2D eigenvalue weighted by atomic mass is 9.98. The van der Waals surface area contributed by atoms with Crippen LogP contribution in [0.5, 0.6) is 0 Å². The molecule has 7 rings (SSSR count). The molecule has 0 atom stereocenters. The highest BCUT2D eigenvalue weighted by molar-refractivity contribution is 7.90. The Bertz CT molecular complexity index is 2560. The Morgan fingerprint density at radius 1 is 0.815 bits per heavy atom. The summed E-state index contributed by atoms with van der Waals surface area (Å²) in [5.74, 6) is -1.75. The third kappa shape index (κ3) is 7.00. The minimum atomic E-state index is -4.28. The van der Waals surface area contributed by atoms with Crippen molar-refractivity contribution in [2.24, 2.45) is 0 Å². The molecule has 0 saturated carbocycles. The van der Waals surface area contributed by atoms with Crippen LogP contribution in [-0.4, -0.2) is 52.9 Å². The molecule has 0 bridgehead atoms. The van der Waals surface area contributed by atoms with Crippen LogP contribution in [0, 0.1) is 6.92 Å². The molecule has 54 heavy (non-hydrogen) atoms. The quantitative estimate of drug-likeness (QED) is 0.178. The number of aromatic nitrogens is 2. The van der Waals surface area contributed by atoms with E-state index >= 15 is 0 Å². The second-order valence-corrected chi connectivity index (χ2v) is 16.3. The molecule has 5 aromatic carbocycles. The van der Waals surface area contributed by atoms with Gasteiger partial charge >= 0.3 is 0 Å². The zero-order valence-electron chi connectivity index (χ0n) is 30.2. The lowest BCUT2D eigenvalue weighted by Crippen LogP contribution is -2.46. The van der Waals surface area contributed by atoms with E-state index in [0.29, 0.717) is 36.3 Å². The Labute approximate surface area is 319 Å². The summed E-state index contributed by atoms with van der Waals surface area (Å²) in [5, 5.41) is 6.35. The van der Waals surface area contributed by atoms with E-state index in [9.17, 15) is 22.8 Å². The average molecular weight is 760 g/mol. The number of hydrogen-bond acceptors (Lipinski definition) is 6. The van der Waals surface area contributed by atoms with Gasteiger partial charge < -0.3 is 9.80 Å². The van der Waals surface area contributed by atoms with Gasteiger partial charge in [0.05, 0.1) is 26.9 Å². The fraction of sp³-hybridized carbons (Fsp3) is 0.190. The van der Waals surface area contributed by atoms with Crippen LogP contribution in [0.25, 0.3) is 16.5 Å². The van der Waals surface area contributed by atoms with E-state index in [1.54, 1.807) is 34.9 Å². The number of carbonyl (C=O) groups is 3. The maximum absolute atomic E-state index is 14.5. The van der Waals surface area contributed by atoms with Gasteiger partial charge in [-0.1, -0.05) is 84.4 Å². The molecule has 0 fully saturated rings. The summed E-state index contributed by atoms with van der Waals surface area (Å²) in [5.41, 5.74) is 2.85. The van der Waals surface area contributed by atoms with Crippen molar-refractivity contribution < 1.29 is 22.8 Å². The van der Waals surface area contributed by atoms with Crippen molar-refractivity contribution in [1.82, 2.24) is 19.4 Å². The molecular weight excluding hydrogens is 722 g/mol. The van der Waals surface area contributed by atoms with Gasteiger partial charge in [0.25, 0.3) is 27.7 Å². The Hall–Kier alpha value is -5.78. The highest BCUT2D eigenvalue weighted by atomic mass is 35.5. The molecule has 0 aliphatic carbocycles. The van der Waals surface area contributed by atoms with Gasteiger partial charge in [0.15, 0.2) is 5.69 Å². The first-order valence-corrected chi connectivity index (χ1v) is 19.3. The maximum Gasteiger partial charge on any atom is 0.280 e. The lowest BCUT2D eigenvalue weighted by molar-refractivity contribution is 0.0734. The minimum Gasteiger partial charge on any atom is -0.334 e. The molecule has 0 unspecified atom stereocenters. The number of fused-ring (bicyclic) bond motifs is 2. The number of anilines is 1. The molecule has 1 aliphatic rings. The average Bonchev–Trinajstić information content (AvgIpc) is 3.46. The van der Waals surface area contributed by atoms with Gasteiger partial charge in [-0.05, 0) is 98.5 Å². The first-order chi connectivity index (χ1) is 25.7. The zero-order valence-corrected chi connectivity index (χ0v) is 31.8. The molecule has 6 aromatic rings. The Balaban J connectivity index is 1.29. The highest BCUT2D eigenvalue weighted by Crippen LogP contribution is 2.32. The first-order valence-electron chi connectivity index (χ1n) is 17.4. The van der Waals surface area contributed by atoms with Crippen molar-refractivity contribution >= 4 is 55.8 Å². The summed E-state index contributed by atoms with van der Waals surface area (Å²) in [4.78, 5) is 45.6. The lowest BCUT2D eigenvalue weighted by Gasteiger charge is -2.35. The number of nitrogens with zero attached hydrogens (tertiary/aromatic N) is 4. The zero-order chi connectivity index (χ0) is 38.4. The topological polar surface area (TPSA) is 122 Å².